The SMILES string of the molecule is Cc1noc(C)c1COc1cccc(C(=O)OC(C)C(=O)c2ccccc2)c1. The van der Waals surface area contributed by atoms with Crippen molar-refractivity contribution in [3.8, 4) is 5.75 Å². The summed E-state index contributed by atoms with van der Waals surface area (Å²) in [6.45, 7) is 5.50. The monoisotopic (exact) mass is 379 g/mol. The highest BCUT2D eigenvalue weighted by Gasteiger charge is 2.20. The molecule has 0 amide bonds. The third kappa shape index (κ3) is 4.46. The molecular weight excluding hydrogens is 358 g/mol. The Labute approximate surface area is 163 Å². The molecule has 1 heterocycles. The second-order valence-corrected chi connectivity index (χ2v) is 6.40. The predicted octanol–water partition coefficient (Wildman–Crippen LogP) is 4.30. The maximum Gasteiger partial charge on any atom is 0.338 e. The van der Waals surface area contributed by atoms with Crippen LogP contribution in [0.2, 0.25) is 0 Å². The number of carbonyl (C=O) groups is 2. The highest BCUT2D eigenvalue weighted by Crippen LogP contribution is 2.19. The van der Waals surface area contributed by atoms with E-state index in [9.17, 15) is 9.59 Å². The minimum atomic E-state index is -0.887. The van der Waals surface area contributed by atoms with E-state index in [1.807, 2.05) is 19.9 Å². The van der Waals surface area contributed by atoms with E-state index in [0.717, 1.165) is 11.3 Å². The first-order valence-electron chi connectivity index (χ1n) is 8.90. The molecule has 0 aliphatic carbocycles. The van der Waals surface area contributed by atoms with Gasteiger partial charge in [0.2, 0.25) is 5.78 Å². The van der Waals surface area contributed by atoms with Gasteiger partial charge >= 0.3 is 5.97 Å². The van der Waals surface area contributed by atoms with Crippen LogP contribution in [0.25, 0.3) is 0 Å². The van der Waals surface area contributed by atoms with Crippen LogP contribution in [0.15, 0.2) is 59.1 Å². The third-order valence-electron chi connectivity index (χ3n) is 4.35. The third-order valence-corrected chi connectivity index (χ3v) is 4.35. The Balaban J connectivity index is 1.64. The van der Waals surface area contributed by atoms with E-state index < -0.39 is 12.1 Å². The first-order valence-corrected chi connectivity index (χ1v) is 8.90. The Morgan fingerprint density at radius 2 is 1.75 bits per heavy atom. The van der Waals surface area contributed by atoms with Crippen molar-refractivity contribution in [1.29, 1.82) is 0 Å². The summed E-state index contributed by atoms with van der Waals surface area (Å²) in [5, 5.41) is 3.89. The van der Waals surface area contributed by atoms with E-state index >= 15 is 0 Å². The van der Waals surface area contributed by atoms with Crippen molar-refractivity contribution in [3.63, 3.8) is 0 Å². The van der Waals surface area contributed by atoms with Crippen molar-refractivity contribution in [2.45, 2.75) is 33.5 Å². The first-order chi connectivity index (χ1) is 13.5. The van der Waals surface area contributed by atoms with Gasteiger partial charge < -0.3 is 14.0 Å². The van der Waals surface area contributed by atoms with Crippen LogP contribution in [0, 0.1) is 13.8 Å². The van der Waals surface area contributed by atoms with Crippen molar-refractivity contribution in [2.24, 2.45) is 0 Å². The number of Topliss-reactive ketones (excluding diaryl/α,β-unsaturated/α-hetero) is 1. The molecule has 0 N–H and O–H groups in total. The number of ketones is 1. The maximum atomic E-state index is 12.4. The number of aromatic nitrogens is 1. The zero-order valence-electron chi connectivity index (χ0n) is 16.0. The quantitative estimate of drug-likeness (QED) is 0.450. The summed E-state index contributed by atoms with van der Waals surface area (Å²) >= 11 is 0. The molecule has 0 aliphatic heterocycles. The van der Waals surface area contributed by atoms with Crippen molar-refractivity contribution in [1.82, 2.24) is 5.16 Å². The van der Waals surface area contributed by atoms with Crippen LogP contribution < -0.4 is 4.74 Å². The number of benzene rings is 2. The normalized spacial score (nSPS) is 11.7. The summed E-state index contributed by atoms with van der Waals surface area (Å²) in [6, 6.07) is 15.4. The molecule has 0 aliphatic rings. The molecule has 0 bridgehead atoms. The average molecular weight is 379 g/mol. The van der Waals surface area contributed by atoms with Crippen molar-refractivity contribution >= 4 is 11.8 Å². The topological polar surface area (TPSA) is 78.6 Å². The smallest absolute Gasteiger partial charge is 0.338 e. The van der Waals surface area contributed by atoms with Gasteiger partial charge in [0.1, 0.15) is 18.1 Å². The van der Waals surface area contributed by atoms with Gasteiger partial charge in [-0.25, -0.2) is 4.79 Å². The summed E-state index contributed by atoms with van der Waals surface area (Å²) in [5.74, 6) is 0.372. The van der Waals surface area contributed by atoms with Gasteiger partial charge in [0.25, 0.3) is 0 Å². The molecule has 0 saturated carbocycles. The minimum Gasteiger partial charge on any atom is -0.489 e. The fourth-order valence-corrected chi connectivity index (χ4v) is 2.70. The Kier molecular flexibility index (Phi) is 5.89. The largest absolute Gasteiger partial charge is 0.489 e. The van der Waals surface area contributed by atoms with Gasteiger partial charge in [-0.15, -0.1) is 0 Å². The van der Waals surface area contributed by atoms with E-state index in [4.69, 9.17) is 14.0 Å². The van der Waals surface area contributed by atoms with Crippen LogP contribution in [0.3, 0.4) is 0 Å². The van der Waals surface area contributed by atoms with Gasteiger partial charge in [-0.05, 0) is 39.0 Å². The highest BCUT2D eigenvalue weighted by atomic mass is 16.5. The number of rotatable bonds is 7. The molecule has 0 spiro atoms. The number of esters is 1. The number of ether oxygens (including phenoxy) is 2. The molecule has 2 aromatic carbocycles. The maximum absolute atomic E-state index is 12.4. The number of hydrogen-bond donors (Lipinski definition) is 0. The number of hydrogen-bond acceptors (Lipinski definition) is 6. The van der Waals surface area contributed by atoms with Gasteiger partial charge in [0.05, 0.1) is 16.8 Å². The van der Waals surface area contributed by atoms with Gasteiger partial charge in [0, 0.05) is 5.56 Å². The lowest BCUT2D eigenvalue weighted by atomic mass is 10.1. The van der Waals surface area contributed by atoms with E-state index in [0.29, 0.717) is 22.6 Å². The van der Waals surface area contributed by atoms with Gasteiger partial charge in [0.15, 0.2) is 6.10 Å². The Hall–Kier alpha value is -3.41. The van der Waals surface area contributed by atoms with Crippen LogP contribution in [0.4, 0.5) is 0 Å². The summed E-state index contributed by atoms with van der Waals surface area (Å²) in [7, 11) is 0. The van der Waals surface area contributed by atoms with Crippen molar-refractivity contribution in [2.75, 3.05) is 0 Å². The lowest BCUT2D eigenvalue weighted by Gasteiger charge is -2.13. The fourth-order valence-electron chi connectivity index (χ4n) is 2.70. The molecule has 1 atom stereocenters. The molecule has 144 valence electrons. The van der Waals surface area contributed by atoms with Crippen molar-refractivity contribution < 1.29 is 23.6 Å². The molecule has 3 aromatic rings. The standard InChI is InChI=1S/C22H21NO5/c1-14-20(15(2)28-23-14)13-26-19-11-7-10-18(12-19)22(25)27-16(3)21(24)17-8-5-4-6-9-17/h4-12,16H,13H2,1-3H3. The Bertz CT molecular complexity index is 958. The van der Waals surface area contributed by atoms with Crippen molar-refractivity contribution in [3.05, 3.63) is 82.7 Å². The zero-order chi connectivity index (χ0) is 20.1. The summed E-state index contributed by atoms with van der Waals surface area (Å²) in [5.41, 5.74) is 2.44. The van der Waals surface area contributed by atoms with E-state index in [1.165, 1.54) is 0 Å². The molecule has 1 unspecified atom stereocenters. The molecule has 3 rings (SSSR count). The molecule has 0 radical (unpaired) electrons. The number of aryl methyl sites for hydroxylation is 2. The minimum absolute atomic E-state index is 0.250. The lowest BCUT2D eigenvalue weighted by molar-refractivity contribution is 0.0318. The summed E-state index contributed by atoms with van der Waals surface area (Å²) in [4.78, 5) is 24.8. The number of nitrogens with zero attached hydrogens (tertiary/aromatic N) is 1. The second-order valence-electron chi connectivity index (χ2n) is 6.40. The van der Waals surface area contributed by atoms with Crippen LogP contribution in [0.5, 0.6) is 5.75 Å². The van der Waals surface area contributed by atoms with Crippen LogP contribution in [-0.4, -0.2) is 23.0 Å². The van der Waals surface area contributed by atoms with Crippen LogP contribution >= 0.6 is 0 Å². The van der Waals surface area contributed by atoms with E-state index in [2.05, 4.69) is 5.16 Å². The zero-order valence-corrected chi connectivity index (χ0v) is 16.0. The first kappa shape index (κ1) is 19.4. The predicted molar refractivity (Wildman–Crippen MR) is 102 cm³/mol. The van der Waals surface area contributed by atoms with E-state index in [1.54, 1.807) is 55.5 Å². The molecule has 6 nitrogen and oxygen atoms in total. The average Bonchev–Trinajstić information content (AvgIpc) is 3.04. The van der Waals surface area contributed by atoms with E-state index in [-0.39, 0.29) is 12.4 Å². The Morgan fingerprint density at radius 1 is 1.04 bits per heavy atom. The highest BCUT2D eigenvalue weighted by molar-refractivity contribution is 6.01. The fraction of sp³-hybridized carbons (Fsp3) is 0.227. The molecule has 28 heavy (non-hydrogen) atoms. The van der Waals surface area contributed by atoms with Gasteiger partial charge in [-0.3, -0.25) is 4.79 Å². The van der Waals surface area contributed by atoms with Crippen LogP contribution in [-0.2, 0) is 11.3 Å². The van der Waals surface area contributed by atoms with Gasteiger partial charge in [-0.2, -0.15) is 0 Å². The molecule has 1 aromatic heterocycles. The summed E-state index contributed by atoms with van der Waals surface area (Å²) in [6.07, 6.45) is -0.887. The van der Waals surface area contributed by atoms with Gasteiger partial charge in [-0.1, -0.05) is 41.6 Å². The molecule has 0 fully saturated rings. The molecule has 0 saturated heterocycles. The van der Waals surface area contributed by atoms with Crippen LogP contribution in [0.1, 0.15) is 44.7 Å². The molecule has 6 heteroatoms. The Morgan fingerprint density at radius 3 is 2.43 bits per heavy atom. The lowest BCUT2D eigenvalue weighted by Crippen LogP contribution is -2.24. The number of carbonyl (C=O) groups excluding carboxylic acids is 2. The second kappa shape index (κ2) is 8.52. The molecular formula is C22H21NO5. The summed E-state index contributed by atoms with van der Waals surface area (Å²) < 4.78 is 16.2.